The number of carbonyl (C=O) groups is 1. The summed E-state index contributed by atoms with van der Waals surface area (Å²) < 4.78 is 0. The molecule has 0 aromatic carbocycles. The predicted octanol–water partition coefficient (Wildman–Crippen LogP) is 10.1. The average Bonchev–Trinajstić information content (AvgIpc) is 3.16. The number of carbonyl (C=O) groups excluding carboxylic acids is 1. The molecule has 0 bridgehead atoms. The molecule has 4 aliphatic carbocycles. The Labute approximate surface area is 219 Å². The molecule has 0 aromatic heterocycles. The van der Waals surface area contributed by atoms with Gasteiger partial charge in [0, 0.05) is 12.3 Å². The number of hydrogen-bond donors (Lipinski definition) is 0. The Bertz CT molecular complexity index is 709. The van der Waals surface area contributed by atoms with Crippen LogP contribution in [0.3, 0.4) is 0 Å². The van der Waals surface area contributed by atoms with Crippen molar-refractivity contribution in [3.05, 3.63) is 0 Å². The smallest absolute Gasteiger partial charge is 0.135 e. The molecule has 4 saturated carbocycles. The largest absolute Gasteiger partial charge is 0.299 e. The van der Waals surface area contributed by atoms with Crippen LogP contribution in [0.2, 0.25) is 0 Å². The maximum absolute atomic E-state index is 13.0. The molecule has 202 valence electrons. The van der Waals surface area contributed by atoms with Crippen LogP contribution < -0.4 is 0 Å². The van der Waals surface area contributed by atoms with Crippen molar-refractivity contribution in [2.24, 2.45) is 64.1 Å². The Morgan fingerprint density at radius 3 is 2.31 bits per heavy atom. The molecule has 1 nitrogen and oxygen atoms in total. The maximum Gasteiger partial charge on any atom is 0.135 e. The zero-order chi connectivity index (χ0) is 25.4. The summed E-state index contributed by atoms with van der Waals surface area (Å²) in [6, 6.07) is 0. The minimum absolute atomic E-state index is 0.351. The average molecular weight is 485 g/mol. The lowest BCUT2D eigenvalue weighted by atomic mass is 9.42. The number of ketones is 1. The summed E-state index contributed by atoms with van der Waals surface area (Å²) >= 11 is 0. The Hall–Kier alpha value is -0.330. The molecule has 0 heterocycles. The van der Waals surface area contributed by atoms with Gasteiger partial charge in [-0.15, -0.1) is 0 Å². The Balaban J connectivity index is 1.57. The summed E-state index contributed by atoms with van der Waals surface area (Å²) in [6.07, 6.45) is 20.0. The first-order valence-corrected chi connectivity index (χ1v) is 16.2. The van der Waals surface area contributed by atoms with Gasteiger partial charge < -0.3 is 0 Å². The lowest BCUT2D eigenvalue weighted by Gasteiger charge is -2.62. The molecule has 4 fully saturated rings. The van der Waals surface area contributed by atoms with Crippen LogP contribution in [0.5, 0.6) is 0 Å². The van der Waals surface area contributed by atoms with Crippen LogP contribution in [0.15, 0.2) is 0 Å². The van der Waals surface area contributed by atoms with Crippen molar-refractivity contribution in [1.82, 2.24) is 0 Å². The normalized spacial score (nSPS) is 44.8. The van der Waals surface area contributed by atoms with Crippen LogP contribution in [-0.2, 0) is 4.79 Å². The fraction of sp³-hybridized carbons (Fsp3) is 0.971. The highest BCUT2D eigenvalue weighted by molar-refractivity contribution is 5.81. The highest BCUT2D eigenvalue weighted by Crippen LogP contribution is 2.69. The summed E-state index contributed by atoms with van der Waals surface area (Å²) in [4.78, 5) is 13.0. The number of Topliss-reactive ketones (excluding diaryl/α,β-unsaturated/α-hetero) is 1. The first kappa shape index (κ1) is 27.7. The molecule has 0 saturated heterocycles. The number of fused-ring (bicyclic) bond motifs is 5. The summed E-state index contributed by atoms with van der Waals surface area (Å²) in [5.74, 6) is 8.17. The van der Waals surface area contributed by atoms with Gasteiger partial charge in [-0.2, -0.15) is 0 Å². The van der Waals surface area contributed by atoms with E-state index in [1.165, 1.54) is 83.5 Å². The van der Waals surface area contributed by atoms with Crippen molar-refractivity contribution >= 4 is 5.78 Å². The van der Waals surface area contributed by atoms with E-state index in [-0.39, 0.29) is 0 Å². The second kappa shape index (κ2) is 11.2. The molecule has 4 rings (SSSR count). The fourth-order valence-corrected chi connectivity index (χ4v) is 10.9. The van der Waals surface area contributed by atoms with Crippen LogP contribution in [0.4, 0.5) is 0 Å². The van der Waals surface area contributed by atoms with Crippen LogP contribution >= 0.6 is 0 Å². The molecule has 35 heavy (non-hydrogen) atoms. The molecule has 0 radical (unpaired) electrons. The summed E-state index contributed by atoms with van der Waals surface area (Å²) in [5, 5.41) is 0. The Morgan fingerprint density at radius 2 is 1.63 bits per heavy atom. The van der Waals surface area contributed by atoms with Crippen LogP contribution in [0, 0.1) is 64.1 Å². The van der Waals surface area contributed by atoms with Gasteiger partial charge in [0.2, 0.25) is 0 Å². The molecular weight excluding hydrogens is 424 g/mol. The van der Waals surface area contributed by atoms with E-state index in [0.717, 1.165) is 60.2 Å². The van der Waals surface area contributed by atoms with Crippen molar-refractivity contribution in [1.29, 1.82) is 0 Å². The molecule has 0 N–H and O–H groups in total. The van der Waals surface area contributed by atoms with Gasteiger partial charge in [0.15, 0.2) is 0 Å². The van der Waals surface area contributed by atoms with Gasteiger partial charge in [-0.25, -0.2) is 0 Å². The second-order valence-corrected chi connectivity index (χ2v) is 15.0. The van der Waals surface area contributed by atoms with E-state index in [9.17, 15) is 4.79 Å². The van der Waals surface area contributed by atoms with Gasteiger partial charge in [-0.3, -0.25) is 4.79 Å². The molecule has 0 spiro atoms. The van der Waals surface area contributed by atoms with Gasteiger partial charge in [-0.05, 0) is 116 Å². The van der Waals surface area contributed by atoms with Gasteiger partial charge >= 0.3 is 0 Å². The monoisotopic (exact) mass is 484 g/mol. The van der Waals surface area contributed by atoms with E-state index in [2.05, 4.69) is 48.5 Å². The summed E-state index contributed by atoms with van der Waals surface area (Å²) in [6.45, 7) is 17.5. The topological polar surface area (TPSA) is 17.1 Å². The quantitative estimate of drug-likeness (QED) is 0.335. The molecule has 0 aliphatic heterocycles. The zero-order valence-corrected chi connectivity index (χ0v) is 24.7. The van der Waals surface area contributed by atoms with Crippen LogP contribution in [0.25, 0.3) is 0 Å². The minimum atomic E-state index is 0.351. The SMILES string of the molecule is CCC[C@H]1C[C@H]2CCC(CC)C(=O)CC[C@]2(C)C2CC[C@]3(C)C(C(C)CCCC(C)C)CCC3C21. The van der Waals surface area contributed by atoms with Gasteiger partial charge in [-0.1, -0.05) is 80.6 Å². The first-order valence-electron chi connectivity index (χ1n) is 16.2. The third-order valence-corrected chi connectivity index (χ3v) is 12.8. The second-order valence-electron chi connectivity index (χ2n) is 15.0. The third kappa shape index (κ3) is 5.19. The van der Waals surface area contributed by atoms with Crippen LogP contribution in [-0.4, -0.2) is 5.78 Å². The van der Waals surface area contributed by atoms with E-state index < -0.39 is 0 Å². The molecule has 0 amide bonds. The van der Waals surface area contributed by atoms with Crippen molar-refractivity contribution in [3.8, 4) is 0 Å². The summed E-state index contributed by atoms with van der Waals surface area (Å²) in [7, 11) is 0. The van der Waals surface area contributed by atoms with Gasteiger partial charge in [0.05, 0.1) is 0 Å². The van der Waals surface area contributed by atoms with Gasteiger partial charge in [0.25, 0.3) is 0 Å². The molecular formula is C34H60O. The van der Waals surface area contributed by atoms with Crippen molar-refractivity contribution < 1.29 is 4.79 Å². The number of rotatable bonds is 8. The molecule has 4 aliphatic rings. The number of hydrogen-bond acceptors (Lipinski definition) is 1. The molecule has 10 atom stereocenters. The van der Waals surface area contributed by atoms with Crippen molar-refractivity contribution in [2.45, 2.75) is 145 Å². The Morgan fingerprint density at radius 1 is 0.886 bits per heavy atom. The van der Waals surface area contributed by atoms with E-state index in [1.54, 1.807) is 0 Å². The van der Waals surface area contributed by atoms with Gasteiger partial charge in [0.1, 0.15) is 5.78 Å². The van der Waals surface area contributed by atoms with E-state index >= 15 is 0 Å². The lowest BCUT2D eigenvalue weighted by Crippen LogP contribution is -2.56. The van der Waals surface area contributed by atoms with E-state index in [0.29, 0.717) is 22.5 Å². The highest BCUT2D eigenvalue weighted by atomic mass is 16.1. The molecule has 0 aromatic rings. The fourth-order valence-electron chi connectivity index (χ4n) is 10.9. The lowest BCUT2D eigenvalue weighted by molar-refractivity contribution is -0.145. The van der Waals surface area contributed by atoms with E-state index in [1.807, 2.05) is 0 Å². The minimum Gasteiger partial charge on any atom is -0.299 e. The Kier molecular flexibility index (Phi) is 8.86. The third-order valence-electron chi connectivity index (χ3n) is 12.8. The van der Waals surface area contributed by atoms with Crippen LogP contribution in [0.1, 0.15) is 145 Å². The predicted molar refractivity (Wildman–Crippen MR) is 150 cm³/mol. The van der Waals surface area contributed by atoms with Crippen molar-refractivity contribution in [2.75, 3.05) is 0 Å². The van der Waals surface area contributed by atoms with E-state index in [4.69, 9.17) is 0 Å². The standard InChI is InChI=1S/C34H60O/c1-8-11-26-22-27-15-14-25(9-2)31(35)19-21-33(27,6)30-18-20-34(7)28(16-17-29(34)32(26)30)24(5)13-10-12-23(3)4/h23-30,32H,8-22H2,1-7H3/t24?,25?,26-,27+,28?,29?,30?,32?,33-,34+/m0/s1. The zero-order valence-electron chi connectivity index (χ0n) is 24.7. The molecule has 6 unspecified atom stereocenters. The highest BCUT2D eigenvalue weighted by Gasteiger charge is 2.62. The molecule has 1 heteroatoms. The summed E-state index contributed by atoms with van der Waals surface area (Å²) in [5.41, 5.74) is 0.976. The maximum atomic E-state index is 13.0. The van der Waals surface area contributed by atoms with Crippen molar-refractivity contribution in [3.63, 3.8) is 0 Å². The first-order chi connectivity index (χ1) is 16.7.